The molecule has 1 atom stereocenters. The van der Waals surface area contributed by atoms with Crippen LogP contribution in [-0.4, -0.2) is 45.0 Å². The SMILES string of the molecule is CC(C)CCC(=O)N1Cc2ccnn2[C@@H](C(=O)NC2CC(F)(F)C2)C1. The molecule has 1 fully saturated rings. The third kappa shape index (κ3) is 3.99. The van der Waals surface area contributed by atoms with Crippen LogP contribution >= 0.6 is 0 Å². The minimum Gasteiger partial charge on any atom is -0.351 e. The Labute approximate surface area is 145 Å². The van der Waals surface area contributed by atoms with Crippen molar-refractivity contribution < 1.29 is 18.4 Å². The Bertz CT molecular complexity index is 651. The molecule has 6 nitrogen and oxygen atoms in total. The molecule has 0 radical (unpaired) electrons. The Balaban J connectivity index is 1.66. The van der Waals surface area contributed by atoms with Crippen LogP contribution in [0.5, 0.6) is 0 Å². The maximum absolute atomic E-state index is 13.0. The van der Waals surface area contributed by atoms with Gasteiger partial charge in [0, 0.05) is 31.5 Å². The summed E-state index contributed by atoms with van der Waals surface area (Å²) in [7, 11) is 0. The summed E-state index contributed by atoms with van der Waals surface area (Å²) in [6.07, 6.45) is 2.18. The molecule has 0 aromatic carbocycles. The van der Waals surface area contributed by atoms with Crippen LogP contribution in [-0.2, 0) is 16.1 Å². The summed E-state index contributed by atoms with van der Waals surface area (Å²) in [6, 6.07) is 0.601. The molecule has 1 aliphatic heterocycles. The summed E-state index contributed by atoms with van der Waals surface area (Å²) in [4.78, 5) is 26.7. The number of carbonyl (C=O) groups excluding carboxylic acids is 2. The highest BCUT2D eigenvalue weighted by Crippen LogP contribution is 2.37. The zero-order valence-corrected chi connectivity index (χ0v) is 14.5. The molecule has 2 amide bonds. The molecule has 1 aromatic heterocycles. The summed E-state index contributed by atoms with van der Waals surface area (Å²) < 4.78 is 27.5. The Morgan fingerprint density at radius 1 is 1.40 bits per heavy atom. The van der Waals surface area contributed by atoms with Gasteiger partial charge in [-0.05, 0) is 18.4 Å². The van der Waals surface area contributed by atoms with E-state index >= 15 is 0 Å². The molecule has 2 heterocycles. The van der Waals surface area contributed by atoms with Crippen molar-refractivity contribution in [2.75, 3.05) is 6.54 Å². The van der Waals surface area contributed by atoms with Crippen molar-refractivity contribution in [2.45, 2.75) is 64.1 Å². The summed E-state index contributed by atoms with van der Waals surface area (Å²) in [5.74, 6) is -2.60. The smallest absolute Gasteiger partial charge is 0.252 e. The molecular weight excluding hydrogens is 330 g/mol. The molecule has 25 heavy (non-hydrogen) atoms. The Hall–Kier alpha value is -1.99. The van der Waals surface area contributed by atoms with Gasteiger partial charge in [-0.3, -0.25) is 14.3 Å². The lowest BCUT2D eigenvalue weighted by Crippen LogP contribution is -2.54. The summed E-state index contributed by atoms with van der Waals surface area (Å²) >= 11 is 0. The maximum atomic E-state index is 13.0. The van der Waals surface area contributed by atoms with E-state index in [1.54, 1.807) is 21.8 Å². The fraction of sp³-hybridized carbons (Fsp3) is 0.706. The number of fused-ring (bicyclic) bond motifs is 1. The minimum absolute atomic E-state index is 0.00845. The molecule has 1 aromatic rings. The number of rotatable bonds is 5. The molecule has 2 aliphatic rings. The molecule has 0 bridgehead atoms. The number of halogens is 2. The lowest BCUT2D eigenvalue weighted by Gasteiger charge is -2.38. The van der Waals surface area contributed by atoms with E-state index in [0.717, 1.165) is 12.1 Å². The third-order valence-corrected chi connectivity index (χ3v) is 4.82. The summed E-state index contributed by atoms with van der Waals surface area (Å²) in [5.41, 5.74) is 0.781. The van der Waals surface area contributed by atoms with Gasteiger partial charge >= 0.3 is 0 Å². The number of nitrogens with one attached hydrogen (secondary N) is 1. The van der Waals surface area contributed by atoms with Crippen molar-refractivity contribution in [1.29, 1.82) is 0 Å². The van der Waals surface area contributed by atoms with E-state index in [1.807, 2.05) is 0 Å². The fourth-order valence-corrected chi connectivity index (χ4v) is 3.31. The normalized spacial score (nSPS) is 22.4. The van der Waals surface area contributed by atoms with E-state index in [4.69, 9.17) is 0 Å². The quantitative estimate of drug-likeness (QED) is 0.881. The van der Waals surface area contributed by atoms with Gasteiger partial charge in [0.2, 0.25) is 11.8 Å². The average molecular weight is 354 g/mol. The highest BCUT2D eigenvalue weighted by molar-refractivity contribution is 5.83. The van der Waals surface area contributed by atoms with Crippen molar-refractivity contribution >= 4 is 11.8 Å². The van der Waals surface area contributed by atoms with Crippen LogP contribution in [0, 0.1) is 5.92 Å². The Morgan fingerprint density at radius 3 is 2.76 bits per heavy atom. The van der Waals surface area contributed by atoms with Crippen LogP contribution in [0.2, 0.25) is 0 Å². The molecule has 1 aliphatic carbocycles. The van der Waals surface area contributed by atoms with Crippen LogP contribution in [0.3, 0.4) is 0 Å². The zero-order chi connectivity index (χ0) is 18.2. The summed E-state index contributed by atoms with van der Waals surface area (Å²) in [5, 5.41) is 6.84. The monoisotopic (exact) mass is 354 g/mol. The van der Waals surface area contributed by atoms with E-state index in [9.17, 15) is 18.4 Å². The van der Waals surface area contributed by atoms with E-state index in [1.165, 1.54) is 0 Å². The first-order valence-corrected chi connectivity index (χ1v) is 8.73. The summed E-state index contributed by atoms with van der Waals surface area (Å²) in [6.45, 7) is 4.76. The molecule has 3 rings (SSSR count). The van der Waals surface area contributed by atoms with Gasteiger partial charge in [-0.2, -0.15) is 5.10 Å². The average Bonchev–Trinajstić information content (AvgIpc) is 2.97. The number of hydrogen-bond donors (Lipinski definition) is 1. The molecule has 8 heteroatoms. The number of amides is 2. The van der Waals surface area contributed by atoms with Crippen LogP contribution in [0.1, 0.15) is 51.3 Å². The second kappa shape index (κ2) is 6.72. The van der Waals surface area contributed by atoms with Crippen molar-refractivity contribution in [3.8, 4) is 0 Å². The van der Waals surface area contributed by atoms with Crippen LogP contribution in [0.25, 0.3) is 0 Å². The predicted octanol–water partition coefficient (Wildman–Crippen LogP) is 2.12. The molecule has 0 unspecified atom stereocenters. The first kappa shape index (κ1) is 17.8. The lowest BCUT2D eigenvalue weighted by atomic mass is 9.88. The number of aromatic nitrogens is 2. The molecular formula is C17H24F2N4O2. The number of hydrogen-bond acceptors (Lipinski definition) is 3. The highest BCUT2D eigenvalue weighted by atomic mass is 19.3. The van der Waals surface area contributed by atoms with Crippen molar-refractivity contribution in [3.05, 3.63) is 18.0 Å². The molecule has 1 N–H and O–H groups in total. The minimum atomic E-state index is -2.68. The van der Waals surface area contributed by atoms with Crippen LogP contribution in [0.4, 0.5) is 8.78 Å². The molecule has 1 saturated carbocycles. The van der Waals surface area contributed by atoms with Gasteiger partial charge in [0.1, 0.15) is 6.04 Å². The van der Waals surface area contributed by atoms with Gasteiger partial charge in [0.05, 0.1) is 18.8 Å². The van der Waals surface area contributed by atoms with E-state index in [0.29, 0.717) is 18.9 Å². The predicted molar refractivity (Wildman–Crippen MR) is 86.9 cm³/mol. The van der Waals surface area contributed by atoms with Gasteiger partial charge < -0.3 is 10.2 Å². The van der Waals surface area contributed by atoms with Gasteiger partial charge in [-0.25, -0.2) is 8.78 Å². The largest absolute Gasteiger partial charge is 0.351 e. The van der Waals surface area contributed by atoms with Gasteiger partial charge in [-0.1, -0.05) is 13.8 Å². The second-order valence-corrected chi connectivity index (χ2v) is 7.46. The van der Waals surface area contributed by atoms with Gasteiger partial charge in [0.15, 0.2) is 0 Å². The highest BCUT2D eigenvalue weighted by Gasteiger charge is 2.47. The zero-order valence-electron chi connectivity index (χ0n) is 14.5. The van der Waals surface area contributed by atoms with Crippen LogP contribution < -0.4 is 5.32 Å². The van der Waals surface area contributed by atoms with E-state index in [-0.39, 0.29) is 31.2 Å². The fourth-order valence-electron chi connectivity index (χ4n) is 3.31. The first-order chi connectivity index (χ1) is 11.7. The standard InChI is InChI=1S/C17H24F2N4O2/c1-11(2)3-4-15(24)22-9-13-5-6-20-23(13)14(10-22)16(25)21-12-7-17(18,19)8-12/h5-6,11-12,14H,3-4,7-10H2,1-2H3,(H,21,25)/t14-/m1/s1. The molecule has 0 saturated heterocycles. The topological polar surface area (TPSA) is 67.2 Å². The van der Waals surface area contributed by atoms with Gasteiger partial charge in [-0.15, -0.1) is 0 Å². The maximum Gasteiger partial charge on any atom is 0.252 e. The molecule has 138 valence electrons. The molecule has 0 spiro atoms. The number of carbonyl (C=O) groups is 2. The van der Waals surface area contributed by atoms with E-state index < -0.39 is 18.0 Å². The lowest BCUT2D eigenvalue weighted by molar-refractivity contribution is -0.138. The van der Waals surface area contributed by atoms with Crippen molar-refractivity contribution in [2.24, 2.45) is 5.92 Å². The van der Waals surface area contributed by atoms with Gasteiger partial charge in [0.25, 0.3) is 5.92 Å². The Morgan fingerprint density at radius 2 is 2.12 bits per heavy atom. The number of nitrogens with zero attached hydrogens (tertiary/aromatic N) is 3. The third-order valence-electron chi connectivity index (χ3n) is 4.82. The van der Waals surface area contributed by atoms with E-state index in [2.05, 4.69) is 24.3 Å². The Kier molecular flexibility index (Phi) is 4.79. The first-order valence-electron chi connectivity index (χ1n) is 8.73. The van der Waals surface area contributed by atoms with Crippen molar-refractivity contribution in [3.63, 3.8) is 0 Å². The number of alkyl halides is 2. The van der Waals surface area contributed by atoms with Crippen molar-refractivity contribution in [1.82, 2.24) is 20.0 Å². The second-order valence-electron chi connectivity index (χ2n) is 7.46. The van der Waals surface area contributed by atoms with Crippen LogP contribution in [0.15, 0.2) is 12.3 Å².